The number of nitrogens with zero attached hydrogens (tertiary/aromatic N) is 1. The van der Waals surface area contributed by atoms with Gasteiger partial charge in [-0.1, -0.05) is 30.7 Å². The van der Waals surface area contributed by atoms with E-state index in [1.807, 2.05) is 6.07 Å². The highest BCUT2D eigenvalue weighted by molar-refractivity contribution is 6.03. The van der Waals surface area contributed by atoms with Gasteiger partial charge in [-0.15, -0.1) is 0 Å². The smallest absolute Gasteiger partial charge is 0.354 e. The van der Waals surface area contributed by atoms with Crippen LogP contribution in [-0.4, -0.2) is 56.7 Å². The van der Waals surface area contributed by atoms with Crippen LogP contribution in [0.2, 0.25) is 0 Å². The van der Waals surface area contributed by atoms with Crippen LogP contribution in [-0.2, 0) is 9.53 Å². The summed E-state index contributed by atoms with van der Waals surface area (Å²) in [7, 11) is 3.12. The van der Waals surface area contributed by atoms with Crippen LogP contribution in [0.5, 0.6) is 11.5 Å². The van der Waals surface area contributed by atoms with Gasteiger partial charge in [0.2, 0.25) is 0 Å². The van der Waals surface area contributed by atoms with Crippen molar-refractivity contribution in [2.24, 2.45) is 5.92 Å². The van der Waals surface area contributed by atoms with Crippen molar-refractivity contribution in [3.63, 3.8) is 0 Å². The zero-order valence-corrected chi connectivity index (χ0v) is 20.5. The van der Waals surface area contributed by atoms with Crippen molar-refractivity contribution in [3.8, 4) is 11.5 Å². The zero-order valence-electron chi connectivity index (χ0n) is 20.5. The van der Waals surface area contributed by atoms with Crippen LogP contribution in [0.1, 0.15) is 48.0 Å². The van der Waals surface area contributed by atoms with Gasteiger partial charge in [0, 0.05) is 17.5 Å². The summed E-state index contributed by atoms with van der Waals surface area (Å²) in [6.07, 6.45) is 7.41. The average Bonchev–Trinajstić information content (AvgIpc) is 2.91. The van der Waals surface area contributed by atoms with Crippen molar-refractivity contribution in [2.45, 2.75) is 38.1 Å². The Kier molecular flexibility index (Phi) is 8.42. The van der Waals surface area contributed by atoms with Crippen molar-refractivity contribution >= 4 is 18.0 Å². The summed E-state index contributed by atoms with van der Waals surface area (Å²) in [5.41, 5.74) is 1.23. The molecule has 1 N–H and O–H groups in total. The van der Waals surface area contributed by atoms with Gasteiger partial charge in [0.05, 0.1) is 20.8 Å². The summed E-state index contributed by atoms with van der Waals surface area (Å²) in [5.74, 6) is 0.516. The Morgan fingerprint density at radius 3 is 2.51 bits per heavy atom. The molecule has 2 heterocycles. The fraction of sp³-hybridized carbons (Fsp3) is 0.429. The van der Waals surface area contributed by atoms with E-state index in [1.165, 1.54) is 12.8 Å². The van der Waals surface area contributed by atoms with Crippen LogP contribution < -0.4 is 14.8 Å². The number of nitrogens with one attached hydrogen (secondary N) is 1. The Hall–Kier alpha value is -3.32. The van der Waals surface area contributed by atoms with E-state index in [0.29, 0.717) is 41.2 Å². The van der Waals surface area contributed by atoms with Gasteiger partial charge in [0.15, 0.2) is 11.5 Å². The molecule has 2 aliphatic heterocycles. The lowest BCUT2D eigenvalue weighted by atomic mass is 9.84. The minimum absolute atomic E-state index is 0.0855. The molecule has 0 unspecified atom stereocenters. The number of fused-ring (bicyclic) bond motifs is 1. The Bertz CT molecular complexity index is 1050. The molecule has 4 rings (SSSR count). The van der Waals surface area contributed by atoms with Gasteiger partial charge in [0.25, 0.3) is 5.91 Å². The molecule has 2 aromatic carbocycles. The second-order valence-corrected chi connectivity index (χ2v) is 9.09. The van der Waals surface area contributed by atoms with E-state index in [1.54, 1.807) is 62.8 Å². The molecule has 2 aliphatic rings. The van der Waals surface area contributed by atoms with Gasteiger partial charge in [-0.25, -0.2) is 4.79 Å². The molecule has 0 saturated carbocycles. The predicted molar refractivity (Wildman–Crippen MR) is 134 cm³/mol. The van der Waals surface area contributed by atoms with Gasteiger partial charge in [-0.2, -0.15) is 0 Å². The number of benzene rings is 2. The molecule has 1 amide bonds. The lowest BCUT2D eigenvalue weighted by Gasteiger charge is -2.44. The summed E-state index contributed by atoms with van der Waals surface area (Å²) in [6.45, 7) is 2.61. The minimum Gasteiger partial charge on any atom is -0.493 e. The molecule has 0 spiro atoms. The molecule has 7 nitrogen and oxygen atoms in total. The Labute approximate surface area is 207 Å². The van der Waals surface area contributed by atoms with Gasteiger partial charge >= 0.3 is 5.97 Å². The fourth-order valence-corrected chi connectivity index (χ4v) is 5.07. The lowest BCUT2D eigenvalue weighted by molar-refractivity contribution is -0.142. The van der Waals surface area contributed by atoms with Crippen molar-refractivity contribution in [2.75, 3.05) is 33.9 Å². The number of amides is 1. The number of carbonyl (C=O) groups is 2. The van der Waals surface area contributed by atoms with Crippen LogP contribution in [0, 0.1) is 5.92 Å². The van der Waals surface area contributed by atoms with Crippen molar-refractivity contribution in [1.29, 1.82) is 0 Å². The zero-order chi connectivity index (χ0) is 24.6. The van der Waals surface area contributed by atoms with E-state index in [-0.39, 0.29) is 11.6 Å². The number of piperidine rings is 2. The van der Waals surface area contributed by atoms with E-state index in [0.717, 1.165) is 32.4 Å². The first-order valence-corrected chi connectivity index (χ1v) is 12.3. The number of ether oxygens (including phenoxy) is 3. The van der Waals surface area contributed by atoms with Gasteiger partial charge < -0.3 is 19.5 Å². The monoisotopic (exact) mass is 478 g/mol. The lowest BCUT2D eigenvalue weighted by Crippen LogP contribution is -2.49. The van der Waals surface area contributed by atoms with E-state index in [4.69, 9.17) is 14.2 Å². The highest BCUT2D eigenvalue weighted by Gasteiger charge is 2.34. The molecule has 2 saturated heterocycles. The summed E-state index contributed by atoms with van der Waals surface area (Å²) in [6, 6.07) is 14.6. The number of esters is 1. The highest BCUT2D eigenvalue weighted by Crippen LogP contribution is 2.31. The average molecular weight is 479 g/mol. The van der Waals surface area contributed by atoms with Crippen molar-refractivity contribution in [1.82, 2.24) is 10.2 Å². The number of hydrogen-bond acceptors (Lipinski definition) is 6. The molecule has 2 atom stereocenters. The standard InChI is InChI=1S/C28H34N2O5/c1-33-25-14-13-20(18-26(25)34-2)17-23(29-27(31)21-9-4-3-5-10-21)28(32)35-19-22-11-8-16-30-15-7-6-12-24(22)30/h3-5,9-10,13-14,17-18,22,24H,6-8,11-12,15-16,19H2,1-2H3,(H,29,31)/b23-17-/t22-,24-/m1/s1. The molecule has 2 aromatic rings. The van der Waals surface area contributed by atoms with E-state index < -0.39 is 5.97 Å². The van der Waals surface area contributed by atoms with Gasteiger partial charge in [-0.05, 0) is 74.7 Å². The Morgan fingerprint density at radius 2 is 1.74 bits per heavy atom. The van der Waals surface area contributed by atoms with E-state index >= 15 is 0 Å². The molecule has 0 bridgehead atoms. The second-order valence-electron chi connectivity index (χ2n) is 9.09. The number of rotatable bonds is 8. The summed E-state index contributed by atoms with van der Waals surface area (Å²) in [5, 5.41) is 2.76. The minimum atomic E-state index is -0.544. The van der Waals surface area contributed by atoms with Crippen LogP contribution in [0.4, 0.5) is 0 Å². The van der Waals surface area contributed by atoms with Crippen LogP contribution >= 0.6 is 0 Å². The third kappa shape index (κ3) is 6.22. The van der Waals surface area contributed by atoms with Gasteiger partial charge in [-0.3, -0.25) is 9.69 Å². The molecule has 0 aliphatic carbocycles. The fourth-order valence-electron chi connectivity index (χ4n) is 5.07. The third-order valence-corrected chi connectivity index (χ3v) is 6.88. The molecule has 0 aromatic heterocycles. The van der Waals surface area contributed by atoms with Crippen molar-refractivity contribution in [3.05, 3.63) is 65.4 Å². The molecular formula is C28H34N2O5. The van der Waals surface area contributed by atoms with E-state index in [9.17, 15) is 9.59 Å². The molecular weight excluding hydrogens is 444 g/mol. The largest absolute Gasteiger partial charge is 0.493 e. The summed E-state index contributed by atoms with van der Waals surface area (Å²) >= 11 is 0. The first kappa shape index (κ1) is 24.8. The van der Waals surface area contributed by atoms with E-state index in [2.05, 4.69) is 10.2 Å². The molecule has 7 heteroatoms. The maximum Gasteiger partial charge on any atom is 0.354 e. The quantitative estimate of drug-likeness (QED) is 0.451. The summed E-state index contributed by atoms with van der Waals surface area (Å²) in [4.78, 5) is 28.6. The van der Waals surface area contributed by atoms with Crippen LogP contribution in [0.25, 0.3) is 6.08 Å². The number of hydrogen-bond donors (Lipinski definition) is 1. The SMILES string of the molecule is COc1ccc(/C=C(\NC(=O)c2ccccc2)C(=O)OC[C@H]2CCCN3CCCC[C@H]23)cc1OC. The molecule has 2 fully saturated rings. The first-order chi connectivity index (χ1) is 17.1. The maximum atomic E-state index is 13.2. The molecule has 35 heavy (non-hydrogen) atoms. The predicted octanol–water partition coefficient (Wildman–Crippen LogP) is 4.28. The first-order valence-electron chi connectivity index (χ1n) is 12.3. The topological polar surface area (TPSA) is 77.1 Å². The van der Waals surface area contributed by atoms with Gasteiger partial charge in [0.1, 0.15) is 5.70 Å². The van der Waals surface area contributed by atoms with Crippen LogP contribution in [0.3, 0.4) is 0 Å². The Balaban J connectivity index is 1.53. The molecule has 0 radical (unpaired) electrons. The normalized spacial score (nSPS) is 20.5. The second kappa shape index (κ2) is 11.9. The maximum absolute atomic E-state index is 13.2. The number of carbonyl (C=O) groups excluding carboxylic acids is 2. The highest BCUT2D eigenvalue weighted by atomic mass is 16.5. The van der Waals surface area contributed by atoms with Crippen LogP contribution in [0.15, 0.2) is 54.2 Å². The van der Waals surface area contributed by atoms with Crippen molar-refractivity contribution < 1.29 is 23.8 Å². The molecule has 186 valence electrons. The number of methoxy groups -OCH3 is 2. The Morgan fingerprint density at radius 1 is 0.971 bits per heavy atom. The third-order valence-electron chi connectivity index (χ3n) is 6.88. The summed E-state index contributed by atoms with van der Waals surface area (Å²) < 4.78 is 16.5.